The number of benzene rings is 1. The second-order valence-corrected chi connectivity index (χ2v) is 8.21. The van der Waals surface area contributed by atoms with E-state index in [0.717, 1.165) is 6.07 Å². The third kappa shape index (κ3) is 3.03. The molecule has 0 atom stereocenters. The molecule has 1 N–H and O–H groups in total. The van der Waals surface area contributed by atoms with E-state index in [4.69, 9.17) is 16.7 Å². The van der Waals surface area contributed by atoms with Crippen molar-refractivity contribution < 1.29 is 22.5 Å². The van der Waals surface area contributed by atoms with Crippen LogP contribution in [-0.2, 0) is 20.8 Å². The summed E-state index contributed by atoms with van der Waals surface area (Å²) in [6, 6.07) is 3.54. The molecule has 1 aliphatic heterocycles. The quantitative estimate of drug-likeness (QED) is 0.880. The number of carboxylic acids is 1. The summed E-state index contributed by atoms with van der Waals surface area (Å²) in [7, 11) is -4.87. The maximum atomic E-state index is 12.4. The van der Waals surface area contributed by atoms with E-state index in [9.17, 15) is 17.4 Å². The maximum Gasteiger partial charge on any atom is 0.335 e. The van der Waals surface area contributed by atoms with Crippen molar-refractivity contribution in [2.75, 3.05) is 24.6 Å². The molecule has 1 fully saturated rings. The van der Waals surface area contributed by atoms with Crippen molar-refractivity contribution in [3.05, 3.63) is 28.8 Å². The van der Waals surface area contributed by atoms with Gasteiger partial charge in [-0.2, -0.15) is 4.31 Å². The molecule has 20 heavy (non-hydrogen) atoms. The van der Waals surface area contributed by atoms with Gasteiger partial charge in [-0.25, -0.2) is 13.2 Å². The van der Waals surface area contributed by atoms with Gasteiger partial charge in [0, 0.05) is 35.4 Å². The topological polar surface area (TPSA) is 91.8 Å². The third-order valence-electron chi connectivity index (χ3n) is 2.93. The van der Waals surface area contributed by atoms with Crippen LogP contribution in [0.5, 0.6) is 0 Å². The molecular formula is C11H12ClNO5S2. The van der Waals surface area contributed by atoms with Gasteiger partial charge in [-0.05, 0) is 18.2 Å². The molecule has 2 rings (SSSR count). The average Bonchev–Trinajstić information content (AvgIpc) is 2.39. The first kappa shape index (κ1) is 15.4. The molecule has 0 radical (unpaired) electrons. The Balaban J connectivity index is 2.41. The molecule has 1 aliphatic rings. The second-order valence-electron chi connectivity index (χ2n) is 4.20. The Morgan fingerprint density at radius 3 is 2.45 bits per heavy atom. The number of sulfonamides is 1. The van der Waals surface area contributed by atoms with Crippen LogP contribution in [0.3, 0.4) is 0 Å². The molecule has 0 aliphatic carbocycles. The van der Waals surface area contributed by atoms with Gasteiger partial charge in [0.1, 0.15) is 4.90 Å². The first-order valence-electron chi connectivity index (χ1n) is 5.70. The smallest absolute Gasteiger partial charge is 0.335 e. The molecule has 1 aromatic rings. The normalized spacial score (nSPS) is 18.1. The van der Waals surface area contributed by atoms with E-state index in [-0.39, 0.29) is 40.1 Å². The summed E-state index contributed by atoms with van der Waals surface area (Å²) < 4.78 is 37.3. The summed E-state index contributed by atoms with van der Waals surface area (Å²) in [5, 5.41) is 8.89. The highest BCUT2D eigenvalue weighted by Gasteiger charge is 2.30. The zero-order chi connectivity index (χ0) is 14.9. The van der Waals surface area contributed by atoms with Crippen molar-refractivity contribution in [1.82, 2.24) is 4.31 Å². The molecule has 9 heteroatoms. The first-order valence-corrected chi connectivity index (χ1v) is 9.01. The minimum absolute atomic E-state index is 0.0262. The van der Waals surface area contributed by atoms with Crippen molar-refractivity contribution >= 4 is 38.4 Å². The number of aromatic carboxylic acids is 1. The van der Waals surface area contributed by atoms with Crippen LogP contribution >= 0.6 is 11.6 Å². The lowest BCUT2D eigenvalue weighted by molar-refractivity contribution is 0.0696. The van der Waals surface area contributed by atoms with Crippen molar-refractivity contribution in [2.45, 2.75) is 4.90 Å². The van der Waals surface area contributed by atoms with E-state index in [2.05, 4.69) is 0 Å². The molecule has 0 bridgehead atoms. The predicted octanol–water partition coefficient (Wildman–Crippen LogP) is 0.791. The zero-order valence-corrected chi connectivity index (χ0v) is 12.7. The van der Waals surface area contributed by atoms with Gasteiger partial charge in [-0.15, -0.1) is 0 Å². The van der Waals surface area contributed by atoms with Crippen molar-refractivity contribution in [3.63, 3.8) is 0 Å². The Morgan fingerprint density at radius 1 is 1.30 bits per heavy atom. The van der Waals surface area contributed by atoms with E-state index >= 15 is 0 Å². The lowest BCUT2D eigenvalue weighted by Crippen LogP contribution is -2.41. The number of halogens is 1. The second kappa shape index (κ2) is 5.80. The summed E-state index contributed by atoms with van der Waals surface area (Å²) in [5.41, 5.74) is -0.145. The molecule has 110 valence electrons. The SMILES string of the molecule is O=C(O)c1ccc(Cl)c(S(=O)(=O)N2CCS(=O)CC2)c1. The van der Waals surface area contributed by atoms with Gasteiger partial charge in [-0.1, -0.05) is 11.6 Å². The Kier molecular flexibility index (Phi) is 4.48. The van der Waals surface area contributed by atoms with E-state index in [1.165, 1.54) is 16.4 Å². The molecule has 0 amide bonds. The van der Waals surface area contributed by atoms with Crippen LogP contribution in [-0.4, -0.2) is 52.6 Å². The average molecular weight is 338 g/mol. The van der Waals surface area contributed by atoms with Crippen LogP contribution in [0, 0.1) is 0 Å². The van der Waals surface area contributed by atoms with E-state index in [0.29, 0.717) is 0 Å². The fourth-order valence-electron chi connectivity index (χ4n) is 1.83. The highest BCUT2D eigenvalue weighted by Crippen LogP contribution is 2.26. The van der Waals surface area contributed by atoms with Crippen LogP contribution in [0.1, 0.15) is 10.4 Å². The summed E-state index contributed by atoms with van der Waals surface area (Å²) >= 11 is 5.87. The molecule has 0 saturated carbocycles. The predicted molar refractivity (Wildman–Crippen MR) is 75.0 cm³/mol. The number of nitrogens with zero attached hydrogens (tertiary/aromatic N) is 1. The maximum absolute atomic E-state index is 12.4. The van der Waals surface area contributed by atoms with Gasteiger partial charge in [0.25, 0.3) is 0 Å². The number of rotatable bonds is 3. The van der Waals surface area contributed by atoms with Gasteiger partial charge < -0.3 is 5.11 Å². The van der Waals surface area contributed by atoms with Crippen molar-refractivity contribution in [1.29, 1.82) is 0 Å². The molecular weight excluding hydrogens is 326 g/mol. The van der Waals surface area contributed by atoms with E-state index in [1.54, 1.807) is 0 Å². The fraction of sp³-hybridized carbons (Fsp3) is 0.364. The minimum Gasteiger partial charge on any atom is -0.478 e. The van der Waals surface area contributed by atoms with Crippen LogP contribution in [0.15, 0.2) is 23.1 Å². The van der Waals surface area contributed by atoms with Gasteiger partial charge in [0.05, 0.1) is 10.6 Å². The Bertz CT molecular complexity index is 663. The number of carboxylic acid groups (broad SMARTS) is 1. The minimum atomic E-state index is -3.87. The Morgan fingerprint density at radius 2 is 1.90 bits per heavy atom. The summed E-state index contributed by atoms with van der Waals surface area (Å²) in [4.78, 5) is 10.7. The van der Waals surface area contributed by atoms with Crippen molar-refractivity contribution in [2.24, 2.45) is 0 Å². The Labute approximate surface area is 123 Å². The zero-order valence-electron chi connectivity index (χ0n) is 10.3. The van der Waals surface area contributed by atoms with Crippen LogP contribution in [0.4, 0.5) is 0 Å². The van der Waals surface area contributed by atoms with Gasteiger partial charge in [0.15, 0.2) is 0 Å². The van der Waals surface area contributed by atoms with Crippen molar-refractivity contribution in [3.8, 4) is 0 Å². The van der Waals surface area contributed by atoms with Crippen LogP contribution in [0.25, 0.3) is 0 Å². The highest BCUT2D eigenvalue weighted by atomic mass is 35.5. The lowest BCUT2D eigenvalue weighted by atomic mass is 10.2. The summed E-state index contributed by atoms with van der Waals surface area (Å²) in [5.74, 6) is -0.678. The number of hydrogen-bond donors (Lipinski definition) is 1. The molecule has 1 aromatic carbocycles. The molecule has 1 heterocycles. The fourth-order valence-corrected chi connectivity index (χ4v) is 5.06. The summed E-state index contributed by atoms with van der Waals surface area (Å²) in [6.07, 6.45) is 0. The molecule has 1 saturated heterocycles. The highest BCUT2D eigenvalue weighted by molar-refractivity contribution is 7.89. The molecule has 0 unspecified atom stereocenters. The molecule has 0 aromatic heterocycles. The monoisotopic (exact) mass is 337 g/mol. The first-order chi connectivity index (χ1) is 9.32. The summed E-state index contributed by atoms with van der Waals surface area (Å²) in [6.45, 7) is 0.283. The lowest BCUT2D eigenvalue weighted by Gasteiger charge is -2.26. The third-order valence-corrected chi connectivity index (χ3v) is 6.59. The molecule has 6 nitrogen and oxygen atoms in total. The number of carbonyl (C=O) groups is 1. The van der Waals surface area contributed by atoms with E-state index < -0.39 is 26.8 Å². The van der Waals surface area contributed by atoms with E-state index in [1.807, 2.05) is 0 Å². The molecule has 0 spiro atoms. The Hall–Kier alpha value is -0.960. The standard InChI is InChI=1S/C11H12ClNO5S2/c12-9-2-1-8(11(14)15)7-10(9)20(17,18)13-3-5-19(16)6-4-13/h1-2,7H,3-6H2,(H,14,15). The number of hydrogen-bond acceptors (Lipinski definition) is 4. The van der Waals surface area contributed by atoms with Gasteiger partial charge >= 0.3 is 5.97 Å². The van der Waals surface area contributed by atoms with Crippen LogP contribution < -0.4 is 0 Å². The largest absolute Gasteiger partial charge is 0.478 e. The van der Waals surface area contributed by atoms with Gasteiger partial charge in [0.2, 0.25) is 10.0 Å². The van der Waals surface area contributed by atoms with Gasteiger partial charge in [-0.3, -0.25) is 4.21 Å². The van der Waals surface area contributed by atoms with Crippen LogP contribution in [0.2, 0.25) is 5.02 Å².